The Hall–Kier alpha value is -2.62. The molecule has 0 radical (unpaired) electrons. The number of aryl methyl sites for hydroxylation is 1. The molecule has 0 aliphatic rings. The van der Waals surface area contributed by atoms with Crippen LogP contribution >= 0.6 is 0 Å². The third kappa shape index (κ3) is 3.18. The van der Waals surface area contributed by atoms with Gasteiger partial charge in [0.1, 0.15) is 5.82 Å². The number of amides is 1. The van der Waals surface area contributed by atoms with Crippen LogP contribution in [0.5, 0.6) is 0 Å². The highest BCUT2D eigenvalue weighted by molar-refractivity contribution is 5.94. The summed E-state index contributed by atoms with van der Waals surface area (Å²) in [6.07, 6.45) is 1.89. The maximum Gasteiger partial charge on any atom is 0.251 e. The number of fused-ring (bicyclic) bond motifs is 1. The van der Waals surface area contributed by atoms with Crippen LogP contribution in [0.1, 0.15) is 35.3 Å². The van der Waals surface area contributed by atoms with Crippen molar-refractivity contribution in [2.45, 2.75) is 26.2 Å². The number of aromatic amines is 1. The minimum atomic E-state index is -0.327. The van der Waals surface area contributed by atoms with Gasteiger partial charge in [-0.3, -0.25) is 4.79 Å². The van der Waals surface area contributed by atoms with E-state index in [9.17, 15) is 9.18 Å². The summed E-state index contributed by atoms with van der Waals surface area (Å²) >= 11 is 0. The number of H-pyrrole nitrogens is 1. The van der Waals surface area contributed by atoms with E-state index in [1.165, 1.54) is 12.1 Å². The van der Waals surface area contributed by atoms with Gasteiger partial charge in [-0.2, -0.15) is 0 Å². The van der Waals surface area contributed by atoms with E-state index in [1.807, 2.05) is 51.2 Å². The Bertz CT molecular complexity index is 878. The Morgan fingerprint density at radius 1 is 1.17 bits per heavy atom. The van der Waals surface area contributed by atoms with E-state index in [1.54, 1.807) is 6.07 Å². The first-order valence-corrected chi connectivity index (χ1v) is 7.99. The number of hydrogen-bond acceptors (Lipinski definition) is 1. The summed E-state index contributed by atoms with van der Waals surface area (Å²) in [6.45, 7) is 6.52. The Balaban J connectivity index is 1.78. The van der Waals surface area contributed by atoms with E-state index < -0.39 is 0 Å². The molecule has 0 aliphatic carbocycles. The van der Waals surface area contributed by atoms with Gasteiger partial charge in [0.2, 0.25) is 0 Å². The fourth-order valence-corrected chi connectivity index (χ4v) is 2.86. The predicted octanol–water partition coefficient (Wildman–Crippen LogP) is 4.32. The van der Waals surface area contributed by atoms with E-state index in [2.05, 4.69) is 10.3 Å². The fraction of sp³-hybridized carbons (Fsp3) is 0.250. The zero-order valence-corrected chi connectivity index (χ0v) is 14.1. The summed E-state index contributed by atoms with van der Waals surface area (Å²) in [5, 5.41) is 3.83. The van der Waals surface area contributed by atoms with Gasteiger partial charge in [-0.15, -0.1) is 0 Å². The van der Waals surface area contributed by atoms with Crippen molar-refractivity contribution in [2.24, 2.45) is 0 Å². The van der Waals surface area contributed by atoms with E-state index >= 15 is 0 Å². The van der Waals surface area contributed by atoms with Crippen LogP contribution in [0.25, 0.3) is 10.9 Å². The second kappa shape index (κ2) is 6.11. The average molecular weight is 324 g/mol. The monoisotopic (exact) mass is 324 g/mol. The summed E-state index contributed by atoms with van der Waals surface area (Å²) in [4.78, 5) is 15.5. The minimum Gasteiger partial charge on any atom is -0.361 e. The number of hydrogen-bond donors (Lipinski definition) is 2. The second-order valence-corrected chi connectivity index (χ2v) is 6.82. The molecule has 0 fully saturated rings. The molecule has 1 heterocycles. The van der Waals surface area contributed by atoms with Crippen LogP contribution in [-0.4, -0.2) is 17.4 Å². The molecule has 3 nitrogen and oxygen atoms in total. The van der Waals surface area contributed by atoms with Gasteiger partial charge in [-0.25, -0.2) is 4.39 Å². The van der Waals surface area contributed by atoms with Crippen molar-refractivity contribution in [3.05, 3.63) is 71.2 Å². The molecule has 124 valence electrons. The lowest BCUT2D eigenvalue weighted by Gasteiger charge is -2.25. The number of nitrogens with one attached hydrogen (secondary N) is 2. The van der Waals surface area contributed by atoms with Crippen molar-refractivity contribution in [3.63, 3.8) is 0 Å². The molecule has 3 aromatic rings. The van der Waals surface area contributed by atoms with E-state index in [0.29, 0.717) is 12.1 Å². The molecule has 0 aliphatic heterocycles. The molecule has 0 unspecified atom stereocenters. The molecule has 2 aromatic carbocycles. The third-order valence-electron chi connectivity index (χ3n) is 4.38. The van der Waals surface area contributed by atoms with E-state index in [-0.39, 0.29) is 17.1 Å². The molecule has 0 bridgehead atoms. The standard InChI is InChI=1S/C20H21FN2O/c1-13-4-6-14(7-5-13)19(24)23-12-20(2,3)17-11-22-18-9-8-15(21)10-16(17)18/h4-11,22H,12H2,1-3H3,(H,23,24). The van der Waals surface area contributed by atoms with Crippen molar-refractivity contribution in [3.8, 4) is 0 Å². The topological polar surface area (TPSA) is 44.9 Å². The summed E-state index contributed by atoms with van der Waals surface area (Å²) in [6, 6.07) is 12.2. The minimum absolute atomic E-state index is 0.103. The summed E-state index contributed by atoms with van der Waals surface area (Å²) in [5.74, 6) is -0.364. The lowest BCUT2D eigenvalue weighted by Crippen LogP contribution is -2.36. The Morgan fingerprint density at radius 2 is 1.88 bits per heavy atom. The van der Waals surface area contributed by atoms with Crippen molar-refractivity contribution >= 4 is 16.8 Å². The zero-order chi connectivity index (χ0) is 17.3. The number of benzene rings is 2. The fourth-order valence-electron chi connectivity index (χ4n) is 2.86. The number of carbonyl (C=O) groups is 1. The molecular weight excluding hydrogens is 303 g/mol. The van der Waals surface area contributed by atoms with Gasteiger partial charge in [-0.05, 0) is 42.8 Å². The summed E-state index contributed by atoms with van der Waals surface area (Å²) in [5.41, 5.74) is 3.31. The number of rotatable bonds is 4. The Morgan fingerprint density at radius 3 is 2.58 bits per heavy atom. The molecule has 1 amide bonds. The molecule has 4 heteroatoms. The first-order chi connectivity index (χ1) is 11.4. The van der Waals surface area contributed by atoms with Crippen LogP contribution in [0, 0.1) is 12.7 Å². The van der Waals surface area contributed by atoms with Crippen LogP contribution < -0.4 is 5.32 Å². The third-order valence-corrected chi connectivity index (χ3v) is 4.38. The van der Waals surface area contributed by atoms with E-state index in [0.717, 1.165) is 22.0 Å². The van der Waals surface area contributed by atoms with Gasteiger partial charge in [-0.1, -0.05) is 31.5 Å². The molecule has 0 saturated carbocycles. The molecule has 2 N–H and O–H groups in total. The van der Waals surface area contributed by atoms with Gasteiger partial charge >= 0.3 is 0 Å². The smallest absolute Gasteiger partial charge is 0.251 e. The molecule has 3 rings (SSSR count). The van der Waals surface area contributed by atoms with Crippen LogP contribution in [0.3, 0.4) is 0 Å². The maximum atomic E-state index is 13.6. The highest BCUT2D eigenvalue weighted by Crippen LogP contribution is 2.30. The van der Waals surface area contributed by atoms with Gasteiger partial charge in [0, 0.05) is 34.6 Å². The SMILES string of the molecule is Cc1ccc(C(=O)NCC(C)(C)c2c[nH]c3ccc(F)cc23)cc1. The van der Waals surface area contributed by atoms with Crippen LogP contribution in [0.15, 0.2) is 48.7 Å². The summed E-state index contributed by atoms with van der Waals surface area (Å²) in [7, 11) is 0. The number of carbonyl (C=O) groups excluding carboxylic acids is 1. The van der Waals surface area contributed by atoms with Gasteiger partial charge in [0.25, 0.3) is 5.91 Å². The van der Waals surface area contributed by atoms with Crippen molar-refractivity contribution in [1.82, 2.24) is 10.3 Å². The first-order valence-electron chi connectivity index (χ1n) is 7.99. The Kier molecular flexibility index (Phi) is 4.14. The van der Waals surface area contributed by atoms with Crippen molar-refractivity contribution < 1.29 is 9.18 Å². The Labute approximate surface area is 140 Å². The zero-order valence-electron chi connectivity index (χ0n) is 14.1. The molecule has 0 atom stereocenters. The van der Waals surface area contributed by atoms with Crippen LogP contribution in [-0.2, 0) is 5.41 Å². The normalized spacial score (nSPS) is 11.7. The summed E-state index contributed by atoms with van der Waals surface area (Å²) < 4.78 is 13.6. The van der Waals surface area contributed by atoms with Crippen molar-refractivity contribution in [1.29, 1.82) is 0 Å². The first kappa shape index (κ1) is 16.2. The molecule has 24 heavy (non-hydrogen) atoms. The highest BCUT2D eigenvalue weighted by Gasteiger charge is 2.25. The highest BCUT2D eigenvalue weighted by atomic mass is 19.1. The van der Waals surface area contributed by atoms with Crippen molar-refractivity contribution in [2.75, 3.05) is 6.54 Å². The largest absolute Gasteiger partial charge is 0.361 e. The van der Waals surface area contributed by atoms with Gasteiger partial charge in [0.15, 0.2) is 0 Å². The van der Waals surface area contributed by atoms with Crippen LogP contribution in [0.4, 0.5) is 4.39 Å². The van der Waals surface area contributed by atoms with Crippen LogP contribution in [0.2, 0.25) is 0 Å². The lowest BCUT2D eigenvalue weighted by molar-refractivity contribution is 0.0945. The molecule has 0 saturated heterocycles. The number of aromatic nitrogens is 1. The molecule has 0 spiro atoms. The lowest BCUT2D eigenvalue weighted by atomic mass is 9.84. The maximum absolute atomic E-state index is 13.6. The quantitative estimate of drug-likeness (QED) is 0.737. The molecular formula is C20H21FN2O. The van der Waals surface area contributed by atoms with E-state index in [4.69, 9.17) is 0 Å². The second-order valence-electron chi connectivity index (χ2n) is 6.82. The number of halogens is 1. The molecule has 1 aromatic heterocycles. The average Bonchev–Trinajstić information content (AvgIpc) is 2.97. The van der Waals surface area contributed by atoms with Gasteiger partial charge < -0.3 is 10.3 Å². The predicted molar refractivity (Wildman–Crippen MR) is 94.8 cm³/mol. The van der Waals surface area contributed by atoms with Gasteiger partial charge in [0.05, 0.1) is 0 Å².